The number of hydrogen-bond acceptors (Lipinski definition) is 4. The molecule has 0 radical (unpaired) electrons. The summed E-state index contributed by atoms with van der Waals surface area (Å²) in [5.41, 5.74) is 1.43. The van der Waals surface area contributed by atoms with Crippen molar-refractivity contribution in [1.29, 1.82) is 0 Å². The molecule has 6 heteroatoms. The van der Waals surface area contributed by atoms with E-state index in [2.05, 4.69) is 15.9 Å². The molecule has 1 aromatic rings. The smallest absolute Gasteiger partial charge is 0.328 e. The number of carbonyl (C=O) groups excluding carboxylic acids is 2. The van der Waals surface area contributed by atoms with Crippen LogP contribution in [0, 0.1) is 6.92 Å². The monoisotopic (exact) mass is 341 g/mol. The van der Waals surface area contributed by atoms with Gasteiger partial charge in [0, 0.05) is 23.0 Å². The van der Waals surface area contributed by atoms with Crippen LogP contribution in [0.2, 0.25) is 0 Å². The summed E-state index contributed by atoms with van der Waals surface area (Å²) in [7, 11) is 1.28. The summed E-state index contributed by atoms with van der Waals surface area (Å²) in [6, 6.07) is 4.53. The van der Waals surface area contributed by atoms with Crippen molar-refractivity contribution in [3.63, 3.8) is 0 Å². The van der Waals surface area contributed by atoms with E-state index in [1.807, 2.05) is 6.92 Å². The number of halogens is 1. The SMILES string of the molecule is COC(=O)C1CC(O)CN1C(=O)c1ccc(Br)c(C)c1. The highest BCUT2D eigenvalue weighted by molar-refractivity contribution is 9.10. The highest BCUT2D eigenvalue weighted by atomic mass is 79.9. The molecular weight excluding hydrogens is 326 g/mol. The van der Waals surface area contributed by atoms with Crippen LogP contribution in [0.4, 0.5) is 0 Å². The van der Waals surface area contributed by atoms with Crippen molar-refractivity contribution in [1.82, 2.24) is 4.90 Å². The molecule has 2 atom stereocenters. The molecule has 0 spiro atoms. The molecule has 5 nitrogen and oxygen atoms in total. The third-order valence-electron chi connectivity index (χ3n) is 3.42. The van der Waals surface area contributed by atoms with Crippen molar-refractivity contribution in [2.75, 3.05) is 13.7 Å². The number of nitrogens with zero attached hydrogens (tertiary/aromatic N) is 1. The topological polar surface area (TPSA) is 66.8 Å². The Balaban J connectivity index is 2.26. The number of aryl methyl sites for hydroxylation is 1. The number of aliphatic hydroxyl groups is 1. The Hall–Kier alpha value is -1.40. The van der Waals surface area contributed by atoms with Crippen LogP contribution in [-0.4, -0.2) is 47.7 Å². The summed E-state index contributed by atoms with van der Waals surface area (Å²) in [5, 5.41) is 9.70. The molecule has 1 aliphatic heterocycles. The van der Waals surface area contributed by atoms with Crippen LogP contribution >= 0.6 is 15.9 Å². The molecule has 1 fully saturated rings. The lowest BCUT2D eigenvalue weighted by molar-refractivity contribution is -0.145. The summed E-state index contributed by atoms with van der Waals surface area (Å²) in [4.78, 5) is 25.5. The maximum atomic E-state index is 12.5. The van der Waals surface area contributed by atoms with Crippen molar-refractivity contribution in [2.24, 2.45) is 0 Å². The Kier molecular flexibility index (Phi) is 4.45. The number of β-amino-alcohol motifs (C(OH)–C–C–N with tert-alkyl or cyclic N) is 1. The van der Waals surface area contributed by atoms with Crippen LogP contribution in [0.1, 0.15) is 22.3 Å². The molecule has 0 aliphatic carbocycles. The normalized spacial score (nSPS) is 21.9. The van der Waals surface area contributed by atoms with E-state index in [-0.39, 0.29) is 18.9 Å². The highest BCUT2D eigenvalue weighted by Crippen LogP contribution is 2.24. The lowest BCUT2D eigenvalue weighted by Gasteiger charge is -2.22. The van der Waals surface area contributed by atoms with Gasteiger partial charge in [-0.3, -0.25) is 4.79 Å². The summed E-state index contributed by atoms with van der Waals surface area (Å²) in [6.07, 6.45) is -0.479. The number of methoxy groups -OCH3 is 1. The Morgan fingerprint density at radius 3 is 2.75 bits per heavy atom. The average Bonchev–Trinajstić information content (AvgIpc) is 2.82. The first-order valence-electron chi connectivity index (χ1n) is 6.27. The summed E-state index contributed by atoms with van der Waals surface area (Å²) in [5.74, 6) is -0.767. The molecule has 1 heterocycles. The lowest BCUT2D eigenvalue weighted by atomic mass is 10.1. The summed E-state index contributed by atoms with van der Waals surface area (Å²) in [6.45, 7) is 2.03. The number of benzene rings is 1. The predicted molar refractivity (Wildman–Crippen MR) is 76.3 cm³/mol. The number of hydrogen-bond donors (Lipinski definition) is 1. The van der Waals surface area contributed by atoms with Gasteiger partial charge in [0.15, 0.2) is 0 Å². The Morgan fingerprint density at radius 1 is 1.45 bits per heavy atom. The molecule has 1 N–H and O–H groups in total. The second-order valence-electron chi connectivity index (χ2n) is 4.85. The van der Waals surface area contributed by atoms with Gasteiger partial charge in [-0.05, 0) is 30.7 Å². The molecule has 1 aromatic carbocycles. The zero-order valence-corrected chi connectivity index (χ0v) is 12.9. The van der Waals surface area contributed by atoms with Gasteiger partial charge < -0.3 is 14.7 Å². The van der Waals surface area contributed by atoms with Gasteiger partial charge in [-0.2, -0.15) is 0 Å². The maximum Gasteiger partial charge on any atom is 0.328 e. The van der Waals surface area contributed by atoms with Crippen LogP contribution in [0.3, 0.4) is 0 Å². The van der Waals surface area contributed by atoms with E-state index in [1.54, 1.807) is 18.2 Å². The first-order valence-corrected chi connectivity index (χ1v) is 7.06. The zero-order chi connectivity index (χ0) is 14.9. The van der Waals surface area contributed by atoms with Crippen molar-refractivity contribution < 1.29 is 19.4 Å². The standard InChI is InChI=1S/C14H16BrNO4/c1-8-5-9(3-4-11(8)15)13(18)16-7-10(17)6-12(16)14(19)20-2/h3-5,10,12,17H,6-7H2,1-2H3. The van der Waals surface area contributed by atoms with E-state index in [1.165, 1.54) is 12.0 Å². The van der Waals surface area contributed by atoms with Gasteiger partial charge in [-0.1, -0.05) is 15.9 Å². The number of amides is 1. The third-order valence-corrected chi connectivity index (χ3v) is 4.31. The second kappa shape index (κ2) is 5.93. The van der Waals surface area contributed by atoms with Gasteiger partial charge >= 0.3 is 5.97 Å². The Labute approximate surface area is 125 Å². The van der Waals surface area contributed by atoms with Crippen LogP contribution in [-0.2, 0) is 9.53 Å². The van der Waals surface area contributed by atoms with Crippen molar-refractivity contribution in [3.05, 3.63) is 33.8 Å². The first kappa shape index (κ1) is 15.0. The Bertz CT molecular complexity index is 546. The van der Waals surface area contributed by atoms with Crippen molar-refractivity contribution in [2.45, 2.75) is 25.5 Å². The number of esters is 1. The molecule has 0 saturated carbocycles. The van der Waals surface area contributed by atoms with E-state index in [9.17, 15) is 14.7 Å². The molecule has 0 bridgehead atoms. The number of carbonyl (C=O) groups is 2. The fraction of sp³-hybridized carbons (Fsp3) is 0.429. The quantitative estimate of drug-likeness (QED) is 0.828. The molecule has 20 heavy (non-hydrogen) atoms. The molecule has 1 saturated heterocycles. The van der Waals surface area contributed by atoms with Crippen LogP contribution in [0.5, 0.6) is 0 Å². The number of likely N-dealkylation sites (tertiary alicyclic amines) is 1. The van der Waals surface area contributed by atoms with Gasteiger partial charge in [-0.15, -0.1) is 0 Å². The average molecular weight is 342 g/mol. The molecule has 0 aromatic heterocycles. The molecule has 2 rings (SSSR count). The van der Waals surface area contributed by atoms with E-state index >= 15 is 0 Å². The fourth-order valence-corrected chi connectivity index (χ4v) is 2.59. The van der Waals surface area contributed by atoms with E-state index in [4.69, 9.17) is 4.74 Å². The first-order chi connectivity index (χ1) is 9.43. The molecule has 108 valence electrons. The third kappa shape index (κ3) is 2.86. The fourth-order valence-electron chi connectivity index (χ4n) is 2.34. The largest absolute Gasteiger partial charge is 0.467 e. The second-order valence-corrected chi connectivity index (χ2v) is 5.70. The molecule has 1 amide bonds. The van der Waals surface area contributed by atoms with E-state index < -0.39 is 18.1 Å². The van der Waals surface area contributed by atoms with Gasteiger partial charge in [0.25, 0.3) is 5.91 Å². The Morgan fingerprint density at radius 2 is 2.15 bits per heavy atom. The summed E-state index contributed by atoms with van der Waals surface area (Å²) < 4.78 is 5.61. The van der Waals surface area contributed by atoms with E-state index in [0.717, 1.165) is 10.0 Å². The number of aliphatic hydroxyl groups excluding tert-OH is 1. The molecule has 1 aliphatic rings. The summed E-state index contributed by atoms with van der Waals surface area (Å²) >= 11 is 3.38. The van der Waals surface area contributed by atoms with Gasteiger partial charge in [0.1, 0.15) is 6.04 Å². The molecule has 2 unspecified atom stereocenters. The number of ether oxygens (including phenoxy) is 1. The highest BCUT2D eigenvalue weighted by Gasteiger charge is 2.39. The minimum absolute atomic E-state index is 0.147. The van der Waals surface area contributed by atoms with Gasteiger partial charge in [-0.25, -0.2) is 4.79 Å². The molecular formula is C14H16BrNO4. The van der Waals surface area contributed by atoms with Crippen LogP contribution < -0.4 is 0 Å². The van der Waals surface area contributed by atoms with Crippen LogP contribution in [0.25, 0.3) is 0 Å². The predicted octanol–water partition coefficient (Wildman–Crippen LogP) is 1.51. The van der Waals surface area contributed by atoms with Crippen molar-refractivity contribution in [3.8, 4) is 0 Å². The lowest BCUT2D eigenvalue weighted by Crippen LogP contribution is -2.41. The van der Waals surface area contributed by atoms with Crippen molar-refractivity contribution >= 4 is 27.8 Å². The van der Waals surface area contributed by atoms with Crippen LogP contribution in [0.15, 0.2) is 22.7 Å². The van der Waals surface area contributed by atoms with E-state index in [0.29, 0.717) is 5.56 Å². The maximum absolute atomic E-state index is 12.5. The van der Waals surface area contributed by atoms with Gasteiger partial charge in [0.2, 0.25) is 0 Å². The number of rotatable bonds is 2. The minimum Gasteiger partial charge on any atom is -0.467 e. The van der Waals surface area contributed by atoms with Gasteiger partial charge in [0.05, 0.1) is 13.2 Å². The minimum atomic E-state index is -0.716. The zero-order valence-electron chi connectivity index (χ0n) is 11.3.